The van der Waals surface area contributed by atoms with Gasteiger partial charge in [0.05, 0.1) is 10.2 Å². The summed E-state index contributed by atoms with van der Waals surface area (Å²) in [5.41, 5.74) is 0. The van der Waals surface area contributed by atoms with Crippen molar-refractivity contribution in [2.45, 2.75) is 24.0 Å². The van der Waals surface area contributed by atoms with Gasteiger partial charge in [0.25, 0.3) is 0 Å². The molecule has 0 bridgehead atoms. The molecule has 0 aliphatic heterocycles. The monoisotopic (exact) mass is 415 g/mol. The van der Waals surface area contributed by atoms with Crippen molar-refractivity contribution in [1.82, 2.24) is 9.97 Å². The Morgan fingerprint density at radius 2 is 2.00 bits per heavy atom. The lowest BCUT2D eigenvalue weighted by atomic mass is 10.4. The average molecular weight is 417 g/mol. The van der Waals surface area contributed by atoms with Crippen molar-refractivity contribution in [2.75, 3.05) is 11.9 Å². The van der Waals surface area contributed by atoms with E-state index >= 15 is 0 Å². The average Bonchev–Trinajstić information content (AvgIpc) is 2.46. The normalized spacial score (nSPS) is 10.6. The lowest BCUT2D eigenvalue weighted by Gasteiger charge is -2.08. The molecule has 6 heteroatoms. The third-order valence-corrected chi connectivity index (χ3v) is 5.13. The van der Waals surface area contributed by atoms with Crippen molar-refractivity contribution < 1.29 is 0 Å². The first-order chi connectivity index (χ1) is 9.70. The van der Waals surface area contributed by atoms with Crippen molar-refractivity contribution in [2.24, 2.45) is 0 Å². The van der Waals surface area contributed by atoms with Crippen molar-refractivity contribution >= 4 is 49.4 Å². The number of hydrogen-bond donors (Lipinski definition) is 1. The highest BCUT2D eigenvalue weighted by Gasteiger charge is 2.06. The molecule has 106 valence electrons. The van der Waals surface area contributed by atoms with Crippen LogP contribution < -0.4 is 5.32 Å². The van der Waals surface area contributed by atoms with E-state index in [1.807, 2.05) is 18.2 Å². The second-order valence-corrected chi connectivity index (χ2v) is 6.85. The molecule has 0 aliphatic rings. The summed E-state index contributed by atoms with van der Waals surface area (Å²) < 4.78 is 2.01. The Bertz CT molecular complexity index is 578. The molecule has 0 fully saturated rings. The summed E-state index contributed by atoms with van der Waals surface area (Å²) in [6.45, 7) is 3.04. The largest absolute Gasteiger partial charge is 0.369 e. The highest BCUT2D eigenvalue weighted by Crippen LogP contribution is 2.29. The number of nitrogens with zero attached hydrogens (tertiary/aromatic N) is 2. The summed E-state index contributed by atoms with van der Waals surface area (Å²) in [6, 6.07) is 8.17. The smallest absolute Gasteiger partial charge is 0.144 e. The van der Waals surface area contributed by atoms with E-state index < -0.39 is 0 Å². The first-order valence-electron chi connectivity index (χ1n) is 6.33. The predicted octanol–water partition coefficient (Wildman–Crippen LogP) is 5.12. The molecule has 20 heavy (non-hydrogen) atoms. The molecule has 0 saturated carbocycles. The summed E-state index contributed by atoms with van der Waals surface area (Å²) in [5.74, 6) is 2.44. The van der Waals surface area contributed by atoms with E-state index in [2.05, 4.69) is 60.1 Å². The van der Waals surface area contributed by atoms with Crippen LogP contribution in [0.15, 0.2) is 44.3 Å². The molecule has 0 unspecified atom stereocenters. The number of benzene rings is 1. The van der Waals surface area contributed by atoms with E-state index in [1.54, 1.807) is 18.0 Å². The van der Waals surface area contributed by atoms with E-state index in [-0.39, 0.29) is 0 Å². The maximum absolute atomic E-state index is 4.55. The number of hydrogen-bond acceptors (Lipinski definition) is 4. The Balaban J connectivity index is 2.04. The summed E-state index contributed by atoms with van der Waals surface area (Å²) >= 11 is 8.74. The molecule has 1 aromatic carbocycles. The number of anilines is 1. The number of aromatic nitrogens is 2. The summed E-state index contributed by atoms with van der Waals surface area (Å²) in [4.78, 5) is 10.1. The van der Waals surface area contributed by atoms with Crippen molar-refractivity contribution in [1.29, 1.82) is 0 Å². The maximum Gasteiger partial charge on any atom is 0.144 e. The molecule has 2 rings (SSSR count). The van der Waals surface area contributed by atoms with Crippen molar-refractivity contribution in [3.63, 3.8) is 0 Å². The second kappa shape index (κ2) is 8.00. The molecule has 3 nitrogen and oxygen atoms in total. The minimum absolute atomic E-state index is 0.747. The zero-order valence-corrected chi connectivity index (χ0v) is 15.1. The molecule has 0 spiro atoms. The zero-order valence-electron chi connectivity index (χ0n) is 11.1. The molecule has 0 radical (unpaired) electrons. The lowest BCUT2D eigenvalue weighted by Crippen LogP contribution is -2.05. The number of nitrogens with one attached hydrogen (secondary N) is 1. The van der Waals surface area contributed by atoms with Crippen LogP contribution in [0.4, 0.5) is 5.82 Å². The van der Waals surface area contributed by atoms with Crippen LogP contribution in [-0.2, 0) is 5.75 Å². The van der Waals surface area contributed by atoms with E-state index in [4.69, 9.17) is 0 Å². The highest BCUT2D eigenvalue weighted by molar-refractivity contribution is 9.10. The van der Waals surface area contributed by atoms with Crippen LogP contribution in [0.3, 0.4) is 0 Å². The molecule has 0 atom stereocenters. The second-order valence-electron chi connectivity index (χ2n) is 4.13. The van der Waals surface area contributed by atoms with Crippen LogP contribution in [0.1, 0.15) is 19.2 Å². The fourth-order valence-electron chi connectivity index (χ4n) is 1.54. The van der Waals surface area contributed by atoms with Crippen molar-refractivity contribution in [3.05, 3.63) is 45.2 Å². The molecular formula is C14H15Br2N3S. The van der Waals surface area contributed by atoms with Gasteiger partial charge in [-0.2, -0.15) is 0 Å². The number of thioether (sulfide) groups is 1. The lowest BCUT2D eigenvalue weighted by molar-refractivity contribution is 0.946. The summed E-state index contributed by atoms with van der Waals surface area (Å²) in [5, 5.41) is 3.30. The van der Waals surface area contributed by atoms with E-state index in [0.717, 1.165) is 39.3 Å². The Morgan fingerprint density at radius 3 is 2.75 bits per heavy atom. The van der Waals surface area contributed by atoms with Gasteiger partial charge in [-0.3, -0.25) is 0 Å². The molecule has 1 heterocycles. The quantitative estimate of drug-likeness (QED) is 0.663. The Morgan fingerprint density at radius 1 is 1.20 bits per heavy atom. The molecule has 1 N–H and O–H groups in total. The SMILES string of the molecule is CCCNc1nc(CSc2ccccc2Br)ncc1Br. The molecule has 0 saturated heterocycles. The van der Waals surface area contributed by atoms with Gasteiger partial charge < -0.3 is 5.32 Å². The van der Waals surface area contributed by atoms with Gasteiger partial charge >= 0.3 is 0 Å². The molecule has 0 amide bonds. The zero-order chi connectivity index (χ0) is 14.4. The summed E-state index contributed by atoms with van der Waals surface area (Å²) in [6.07, 6.45) is 2.87. The third-order valence-electron chi connectivity index (χ3n) is 2.53. The maximum atomic E-state index is 4.55. The third kappa shape index (κ3) is 4.46. The number of rotatable bonds is 6. The van der Waals surface area contributed by atoms with Gasteiger partial charge in [0.15, 0.2) is 0 Å². The topological polar surface area (TPSA) is 37.8 Å². The minimum atomic E-state index is 0.747. The minimum Gasteiger partial charge on any atom is -0.369 e. The van der Waals surface area contributed by atoms with E-state index in [9.17, 15) is 0 Å². The van der Waals surface area contributed by atoms with E-state index in [1.165, 1.54) is 4.90 Å². The van der Waals surface area contributed by atoms with Gasteiger partial charge in [0.2, 0.25) is 0 Å². The van der Waals surface area contributed by atoms with Crippen molar-refractivity contribution in [3.8, 4) is 0 Å². The predicted molar refractivity (Wildman–Crippen MR) is 92.2 cm³/mol. The standard InChI is InChI=1S/C14H15Br2N3S/c1-2-7-17-14-11(16)8-18-13(19-14)9-20-12-6-4-3-5-10(12)15/h3-6,8H,2,7,9H2,1H3,(H,17,18,19). The van der Waals surface area contributed by atoms with Gasteiger partial charge in [0, 0.05) is 22.1 Å². The Labute approximate surface area is 140 Å². The van der Waals surface area contributed by atoms with Crippen LogP contribution in [-0.4, -0.2) is 16.5 Å². The molecule has 1 aromatic heterocycles. The highest BCUT2D eigenvalue weighted by atomic mass is 79.9. The van der Waals surface area contributed by atoms with Crippen LogP contribution in [0.5, 0.6) is 0 Å². The van der Waals surface area contributed by atoms with Gasteiger partial charge in [-0.05, 0) is 50.4 Å². The van der Waals surface area contributed by atoms with Gasteiger partial charge in [-0.15, -0.1) is 11.8 Å². The van der Waals surface area contributed by atoms with Gasteiger partial charge in [0.1, 0.15) is 11.6 Å². The van der Waals surface area contributed by atoms with Crippen LogP contribution in [0, 0.1) is 0 Å². The first kappa shape index (κ1) is 15.8. The van der Waals surface area contributed by atoms with Gasteiger partial charge in [-0.1, -0.05) is 19.1 Å². The van der Waals surface area contributed by atoms with Crippen LogP contribution in [0.2, 0.25) is 0 Å². The molecule has 2 aromatic rings. The Hall–Kier alpha value is -0.590. The summed E-state index contributed by atoms with van der Waals surface area (Å²) in [7, 11) is 0. The van der Waals surface area contributed by atoms with E-state index in [0.29, 0.717) is 0 Å². The van der Waals surface area contributed by atoms with Crippen LogP contribution >= 0.6 is 43.6 Å². The fourth-order valence-corrected chi connectivity index (χ4v) is 3.31. The molecular weight excluding hydrogens is 402 g/mol. The molecule has 0 aliphatic carbocycles. The fraction of sp³-hybridized carbons (Fsp3) is 0.286. The van der Waals surface area contributed by atoms with Gasteiger partial charge in [-0.25, -0.2) is 9.97 Å². The number of halogens is 2. The Kier molecular flexibility index (Phi) is 6.32. The first-order valence-corrected chi connectivity index (χ1v) is 8.90. The van der Waals surface area contributed by atoms with Crippen LogP contribution in [0.25, 0.3) is 0 Å².